The molecule has 0 atom stereocenters. The van der Waals surface area contributed by atoms with Crippen LogP contribution in [0.25, 0.3) is 10.8 Å². The number of phenols is 1. The molecule has 0 saturated heterocycles. The fourth-order valence-corrected chi connectivity index (χ4v) is 4.03. The molecule has 0 aliphatic heterocycles. The zero-order valence-electron chi connectivity index (χ0n) is 20.5. The average Bonchev–Trinajstić information content (AvgIpc) is 2.93. The molecule has 4 aromatic carbocycles. The van der Waals surface area contributed by atoms with Gasteiger partial charge in [-0.25, -0.2) is 9.82 Å². The number of carbonyl (C=O) groups excluding carboxylic acids is 2. The van der Waals surface area contributed by atoms with Crippen molar-refractivity contribution in [1.29, 1.82) is 0 Å². The van der Waals surface area contributed by atoms with E-state index in [0.717, 1.165) is 16.3 Å². The predicted octanol–water partition coefficient (Wildman–Crippen LogP) is 5.53. The molecule has 0 radical (unpaired) electrons. The van der Waals surface area contributed by atoms with Crippen molar-refractivity contribution in [3.8, 4) is 11.5 Å². The van der Waals surface area contributed by atoms with E-state index in [4.69, 9.17) is 16.3 Å². The van der Waals surface area contributed by atoms with Gasteiger partial charge in [-0.2, -0.15) is 5.10 Å². The summed E-state index contributed by atoms with van der Waals surface area (Å²) >= 11 is 5.86. The molecule has 0 aliphatic carbocycles. The van der Waals surface area contributed by atoms with Crippen LogP contribution in [-0.2, 0) is 11.3 Å². The fraction of sp³-hybridized carbons (Fsp3) is 0.138. The summed E-state index contributed by atoms with van der Waals surface area (Å²) in [6.07, 6.45) is 1.50. The lowest BCUT2D eigenvalue weighted by molar-refractivity contribution is -0.133. The highest BCUT2D eigenvalue weighted by Crippen LogP contribution is 2.28. The molecule has 194 valence electrons. The van der Waals surface area contributed by atoms with E-state index < -0.39 is 5.91 Å². The van der Waals surface area contributed by atoms with Gasteiger partial charge in [0.05, 0.1) is 11.2 Å². The summed E-state index contributed by atoms with van der Waals surface area (Å²) in [6.45, 7) is 2.20. The molecule has 9 heteroatoms. The second-order valence-electron chi connectivity index (χ2n) is 8.35. The Bertz CT molecular complexity index is 1510. The van der Waals surface area contributed by atoms with Gasteiger partial charge in [-0.05, 0) is 48.7 Å². The number of aromatic hydroxyl groups is 1. The van der Waals surface area contributed by atoms with Crippen molar-refractivity contribution in [1.82, 2.24) is 10.3 Å². The van der Waals surface area contributed by atoms with Crippen LogP contribution in [0.4, 0.5) is 4.39 Å². The number of hydrogen-bond donors (Lipinski definition) is 2. The Hall–Kier alpha value is -4.43. The highest BCUT2D eigenvalue weighted by atomic mass is 35.5. The zero-order valence-corrected chi connectivity index (χ0v) is 21.3. The largest absolute Gasteiger partial charge is 0.506 e. The summed E-state index contributed by atoms with van der Waals surface area (Å²) < 4.78 is 19.9. The normalized spacial score (nSPS) is 11.0. The number of benzene rings is 4. The van der Waals surface area contributed by atoms with Crippen LogP contribution in [0.5, 0.6) is 11.5 Å². The molecular formula is C29H25ClFN3O4. The summed E-state index contributed by atoms with van der Waals surface area (Å²) in [7, 11) is 0. The van der Waals surface area contributed by atoms with E-state index in [1.165, 1.54) is 35.4 Å². The van der Waals surface area contributed by atoms with Crippen molar-refractivity contribution < 1.29 is 23.8 Å². The molecule has 0 spiro atoms. The Morgan fingerprint density at radius 1 is 1.05 bits per heavy atom. The number of ether oxygens (including phenoxy) is 1. The SMILES string of the molecule is CCN(Cc1ccccc1F)C(=O)COc1ccc(C=NNC(=O)c2ccc(O)c(Cl)c2)c2ccccc12. The fourth-order valence-electron chi connectivity index (χ4n) is 3.85. The Kier molecular flexibility index (Phi) is 8.55. The molecule has 7 nitrogen and oxygen atoms in total. The van der Waals surface area contributed by atoms with Gasteiger partial charge in [0.1, 0.15) is 17.3 Å². The third-order valence-corrected chi connectivity index (χ3v) is 6.20. The Labute approximate surface area is 224 Å². The molecule has 38 heavy (non-hydrogen) atoms. The number of halogens is 2. The second-order valence-corrected chi connectivity index (χ2v) is 8.76. The summed E-state index contributed by atoms with van der Waals surface area (Å²) in [5.41, 5.74) is 3.85. The van der Waals surface area contributed by atoms with E-state index >= 15 is 0 Å². The topological polar surface area (TPSA) is 91.2 Å². The predicted molar refractivity (Wildman–Crippen MR) is 145 cm³/mol. The maximum absolute atomic E-state index is 14.0. The molecule has 0 aromatic heterocycles. The molecule has 2 N–H and O–H groups in total. The number of hydrogen-bond acceptors (Lipinski definition) is 5. The summed E-state index contributed by atoms with van der Waals surface area (Å²) in [4.78, 5) is 26.7. The quantitative estimate of drug-likeness (QED) is 0.219. The first-order valence-electron chi connectivity index (χ1n) is 11.8. The minimum atomic E-state index is -0.484. The summed E-state index contributed by atoms with van der Waals surface area (Å²) in [6, 6.07) is 21.4. The number of phenolic OH excluding ortho intramolecular Hbond substituents is 1. The lowest BCUT2D eigenvalue weighted by Crippen LogP contribution is -2.34. The maximum Gasteiger partial charge on any atom is 0.271 e. The van der Waals surface area contributed by atoms with Gasteiger partial charge in [0.15, 0.2) is 6.61 Å². The van der Waals surface area contributed by atoms with Crippen molar-refractivity contribution in [3.05, 3.63) is 106 Å². The van der Waals surface area contributed by atoms with E-state index in [1.54, 1.807) is 30.3 Å². The second kappa shape index (κ2) is 12.2. The van der Waals surface area contributed by atoms with E-state index in [1.807, 2.05) is 31.2 Å². The van der Waals surface area contributed by atoms with Gasteiger partial charge in [0.25, 0.3) is 11.8 Å². The minimum Gasteiger partial charge on any atom is -0.506 e. The highest BCUT2D eigenvalue weighted by molar-refractivity contribution is 6.32. The van der Waals surface area contributed by atoms with Crippen molar-refractivity contribution in [2.75, 3.05) is 13.2 Å². The van der Waals surface area contributed by atoms with Crippen LogP contribution >= 0.6 is 11.6 Å². The van der Waals surface area contributed by atoms with Crippen molar-refractivity contribution in [2.24, 2.45) is 5.10 Å². The molecule has 0 unspecified atom stereocenters. The lowest BCUT2D eigenvalue weighted by Gasteiger charge is -2.21. The number of fused-ring (bicyclic) bond motifs is 1. The van der Waals surface area contributed by atoms with Gasteiger partial charge in [-0.1, -0.05) is 54.1 Å². The third kappa shape index (κ3) is 6.27. The summed E-state index contributed by atoms with van der Waals surface area (Å²) in [5, 5.41) is 15.2. The molecule has 0 saturated carbocycles. The number of hydrazone groups is 1. The van der Waals surface area contributed by atoms with Crippen molar-refractivity contribution in [2.45, 2.75) is 13.5 Å². The average molecular weight is 534 g/mol. The minimum absolute atomic E-state index is 0.0657. The maximum atomic E-state index is 14.0. The van der Waals surface area contributed by atoms with E-state index in [9.17, 15) is 19.1 Å². The zero-order chi connectivity index (χ0) is 27.1. The van der Waals surface area contributed by atoms with Crippen molar-refractivity contribution in [3.63, 3.8) is 0 Å². The number of nitrogens with one attached hydrogen (secondary N) is 1. The molecule has 0 fully saturated rings. The first kappa shape index (κ1) is 26.6. The molecule has 4 rings (SSSR count). The van der Waals surface area contributed by atoms with Gasteiger partial charge in [-0.15, -0.1) is 0 Å². The van der Waals surface area contributed by atoms with Gasteiger partial charge < -0.3 is 14.7 Å². The monoisotopic (exact) mass is 533 g/mol. The number of amides is 2. The Morgan fingerprint density at radius 3 is 2.53 bits per heavy atom. The molecule has 2 amide bonds. The smallest absolute Gasteiger partial charge is 0.271 e. The Morgan fingerprint density at radius 2 is 1.79 bits per heavy atom. The van der Waals surface area contributed by atoms with Gasteiger partial charge >= 0.3 is 0 Å². The van der Waals surface area contributed by atoms with Crippen molar-refractivity contribution >= 4 is 40.4 Å². The van der Waals surface area contributed by atoms with Gasteiger partial charge in [0, 0.05) is 35.2 Å². The van der Waals surface area contributed by atoms with E-state index in [2.05, 4.69) is 10.5 Å². The first-order chi connectivity index (χ1) is 18.4. The standard InChI is InChI=1S/C29H25ClFN3O4/c1-2-34(17-21-7-3-6-10-25(21)31)28(36)18-38-27-14-12-20(22-8-4-5-9-23(22)27)16-32-33-29(37)19-11-13-26(35)24(30)15-19/h3-16,35H,2,17-18H2,1H3,(H,33,37). The molecule has 0 heterocycles. The molecule has 0 aliphatic rings. The van der Waals surface area contributed by atoms with Crippen LogP contribution in [0, 0.1) is 5.82 Å². The van der Waals surface area contributed by atoms with E-state index in [0.29, 0.717) is 17.9 Å². The van der Waals surface area contributed by atoms with Crippen LogP contribution in [0.3, 0.4) is 0 Å². The number of rotatable bonds is 9. The lowest BCUT2D eigenvalue weighted by atomic mass is 10.0. The molecule has 0 bridgehead atoms. The third-order valence-electron chi connectivity index (χ3n) is 5.90. The molecular weight excluding hydrogens is 509 g/mol. The van der Waals surface area contributed by atoms with Crippen LogP contribution in [0.2, 0.25) is 5.02 Å². The molecule has 4 aromatic rings. The van der Waals surface area contributed by atoms with Gasteiger partial charge in [-0.3, -0.25) is 9.59 Å². The van der Waals surface area contributed by atoms with E-state index in [-0.39, 0.29) is 41.2 Å². The highest BCUT2D eigenvalue weighted by Gasteiger charge is 2.16. The number of carbonyl (C=O) groups is 2. The number of likely N-dealkylation sites (N-methyl/N-ethyl adjacent to an activating group) is 1. The first-order valence-corrected chi connectivity index (χ1v) is 12.2. The van der Waals surface area contributed by atoms with Crippen LogP contribution < -0.4 is 10.2 Å². The number of nitrogens with zero attached hydrogens (tertiary/aromatic N) is 2. The van der Waals surface area contributed by atoms with Crippen LogP contribution in [-0.4, -0.2) is 41.2 Å². The van der Waals surface area contributed by atoms with Gasteiger partial charge in [0.2, 0.25) is 0 Å². The van der Waals surface area contributed by atoms with Crippen LogP contribution in [0.1, 0.15) is 28.4 Å². The van der Waals surface area contributed by atoms with Crippen LogP contribution in [0.15, 0.2) is 84.0 Å². The summed E-state index contributed by atoms with van der Waals surface area (Å²) in [5.74, 6) is -0.708. The Balaban J connectivity index is 1.45.